The number of hydrogen-bond donors (Lipinski definition) is 1. The molecule has 1 amide bonds. The Labute approximate surface area is 170 Å². The van der Waals surface area contributed by atoms with Crippen LogP contribution < -0.4 is 5.32 Å². The van der Waals surface area contributed by atoms with Crippen LogP contribution in [0, 0.1) is 12.7 Å². The van der Waals surface area contributed by atoms with Gasteiger partial charge >= 0.3 is 0 Å². The first-order chi connectivity index (χ1) is 14.0. The zero-order valence-corrected chi connectivity index (χ0v) is 16.2. The summed E-state index contributed by atoms with van der Waals surface area (Å²) in [5, 5.41) is 11.4. The van der Waals surface area contributed by atoms with E-state index in [1.165, 1.54) is 16.8 Å². The van der Waals surface area contributed by atoms with Crippen molar-refractivity contribution in [2.24, 2.45) is 0 Å². The second-order valence-electron chi connectivity index (χ2n) is 6.37. The Balaban J connectivity index is 1.44. The molecule has 0 bridgehead atoms. The van der Waals surface area contributed by atoms with Crippen molar-refractivity contribution < 1.29 is 13.6 Å². The third-order valence-corrected chi connectivity index (χ3v) is 4.65. The first kappa shape index (κ1) is 18.9. The van der Waals surface area contributed by atoms with Gasteiger partial charge in [0, 0.05) is 10.6 Å². The summed E-state index contributed by atoms with van der Waals surface area (Å²) in [4.78, 5) is 12.5. The molecule has 0 aliphatic carbocycles. The van der Waals surface area contributed by atoms with Crippen molar-refractivity contribution in [3.63, 3.8) is 0 Å². The largest absolute Gasteiger partial charge is 0.459 e. The predicted octanol–water partition coefficient (Wildman–Crippen LogP) is 4.56. The molecule has 2 heterocycles. The van der Waals surface area contributed by atoms with Crippen molar-refractivity contribution in [2.45, 2.75) is 13.5 Å². The van der Waals surface area contributed by atoms with E-state index >= 15 is 0 Å². The van der Waals surface area contributed by atoms with E-state index < -0.39 is 0 Å². The van der Waals surface area contributed by atoms with E-state index in [0.717, 1.165) is 5.56 Å². The number of amides is 1. The lowest BCUT2D eigenvalue weighted by Crippen LogP contribution is -2.23. The summed E-state index contributed by atoms with van der Waals surface area (Å²) < 4.78 is 20.4. The Bertz CT molecular complexity index is 1150. The highest BCUT2D eigenvalue weighted by Crippen LogP contribution is 2.24. The zero-order valence-electron chi connectivity index (χ0n) is 15.4. The number of hydrogen-bond acceptors (Lipinski definition) is 4. The fourth-order valence-electron chi connectivity index (χ4n) is 2.86. The summed E-state index contributed by atoms with van der Waals surface area (Å²) in [5.74, 6) is 0.567. The van der Waals surface area contributed by atoms with Gasteiger partial charge in [-0.1, -0.05) is 16.8 Å². The van der Waals surface area contributed by atoms with Crippen LogP contribution in [0.2, 0.25) is 5.02 Å². The molecule has 0 saturated heterocycles. The summed E-state index contributed by atoms with van der Waals surface area (Å²) in [6.45, 7) is 1.93. The lowest BCUT2D eigenvalue weighted by atomic mass is 10.2. The number of aromatic nitrogens is 3. The molecule has 0 aliphatic rings. The average Bonchev–Trinajstić information content (AvgIpc) is 3.34. The van der Waals surface area contributed by atoms with Crippen LogP contribution in [-0.2, 0) is 6.54 Å². The minimum absolute atomic E-state index is 0.193. The van der Waals surface area contributed by atoms with E-state index in [1.54, 1.807) is 37.3 Å². The average molecular weight is 411 g/mol. The van der Waals surface area contributed by atoms with Crippen LogP contribution >= 0.6 is 11.6 Å². The number of nitrogens with one attached hydrogen (secondary N) is 1. The van der Waals surface area contributed by atoms with Gasteiger partial charge in [0.25, 0.3) is 5.91 Å². The number of furan rings is 1. The predicted molar refractivity (Wildman–Crippen MR) is 106 cm³/mol. The molecule has 2 aromatic heterocycles. The molecule has 0 spiro atoms. The van der Waals surface area contributed by atoms with Crippen molar-refractivity contribution in [1.82, 2.24) is 20.3 Å². The van der Waals surface area contributed by atoms with Gasteiger partial charge in [0.15, 0.2) is 5.69 Å². The summed E-state index contributed by atoms with van der Waals surface area (Å²) in [7, 11) is 0. The number of rotatable bonds is 5. The van der Waals surface area contributed by atoms with Gasteiger partial charge in [0.1, 0.15) is 17.3 Å². The first-order valence-electron chi connectivity index (χ1n) is 8.82. The SMILES string of the molecule is Cc1c(C(=O)NCc2ccc(-c3ccc(Cl)cc3)o2)nnn1-c1ccc(F)cc1. The van der Waals surface area contributed by atoms with Gasteiger partial charge in [0.05, 0.1) is 17.9 Å². The third kappa shape index (κ3) is 4.05. The Morgan fingerprint density at radius 1 is 1.10 bits per heavy atom. The van der Waals surface area contributed by atoms with E-state index in [4.69, 9.17) is 16.0 Å². The van der Waals surface area contributed by atoms with Crippen molar-refractivity contribution in [2.75, 3.05) is 0 Å². The van der Waals surface area contributed by atoms with Crippen LogP contribution in [0.4, 0.5) is 4.39 Å². The van der Waals surface area contributed by atoms with Crippen LogP contribution in [0.1, 0.15) is 21.9 Å². The first-order valence-corrected chi connectivity index (χ1v) is 9.20. The van der Waals surface area contributed by atoms with Crippen molar-refractivity contribution in [1.29, 1.82) is 0 Å². The Hall–Kier alpha value is -3.45. The van der Waals surface area contributed by atoms with E-state index in [2.05, 4.69) is 15.6 Å². The smallest absolute Gasteiger partial charge is 0.274 e. The van der Waals surface area contributed by atoms with E-state index in [0.29, 0.717) is 27.9 Å². The maximum Gasteiger partial charge on any atom is 0.274 e. The third-order valence-electron chi connectivity index (χ3n) is 4.39. The van der Waals surface area contributed by atoms with Gasteiger partial charge in [-0.05, 0) is 67.6 Å². The summed E-state index contributed by atoms with van der Waals surface area (Å²) >= 11 is 5.90. The number of carbonyl (C=O) groups is 1. The Kier molecular flexibility index (Phi) is 5.14. The van der Waals surface area contributed by atoms with Crippen molar-refractivity contribution in [3.8, 4) is 17.0 Å². The molecule has 0 aliphatic heterocycles. The normalized spacial score (nSPS) is 10.9. The highest BCUT2D eigenvalue weighted by Gasteiger charge is 2.17. The molecule has 29 heavy (non-hydrogen) atoms. The minimum atomic E-state index is -0.375. The molecule has 4 aromatic rings. The number of halogens is 2. The minimum Gasteiger partial charge on any atom is -0.459 e. The van der Waals surface area contributed by atoms with Gasteiger partial charge in [-0.15, -0.1) is 5.10 Å². The molecule has 8 heteroatoms. The molecule has 4 rings (SSSR count). The van der Waals surface area contributed by atoms with Crippen LogP contribution in [0.15, 0.2) is 65.1 Å². The molecule has 2 aromatic carbocycles. The highest BCUT2D eigenvalue weighted by molar-refractivity contribution is 6.30. The second kappa shape index (κ2) is 7.89. The standard InChI is InChI=1S/C21H16ClFN4O2/c1-13-20(25-26-27(13)17-8-6-16(23)7-9-17)21(28)24-12-18-10-11-19(29-18)14-2-4-15(22)5-3-14/h2-11H,12H2,1H3,(H,24,28). The monoisotopic (exact) mass is 410 g/mol. The Morgan fingerprint density at radius 3 is 2.55 bits per heavy atom. The van der Waals surface area contributed by atoms with Crippen molar-refractivity contribution in [3.05, 3.63) is 88.7 Å². The summed E-state index contributed by atoms with van der Waals surface area (Å²) in [6.07, 6.45) is 0. The molecule has 0 unspecified atom stereocenters. The molecule has 0 saturated carbocycles. The zero-order chi connectivity index (χ0) is 20.4. The van der Waals surface area contributed by atoms with E-state index in [1.807, 2.05) is 18.2 Å². The van der Waals surface area contributed by atoms with Gasteiger partial charge in [0.2, 0.25) is 0 Å². The molecule has 0 fully saturated rings. The molecular weight excluding hydrogens is 395 g/mol. The number of benzene rings is 2. The van der Waals surface area contributed by atoms with Crippen LogP contribution in [0.3, 0.4) is 0 Å². The van der Waals surface area contributed by atoms with Gasteiger partial charge < -0.3 is 9.73 Å². The van der Waals surface area contributed by atoms with Crippen LogP contribution in [0.25, 0.3) is 17.0 Å². The molecule has 0 radical (unpaired) electrons. The number of nitrogens with zero attached hydrogens (tertiary/aromatic N) is 3. The summed E-state index contributed by atoms with van der Waals surface area (Å²) in [5.41, 5.74) is 2.26. The lowest BCUT2D eigenvalue weighted by Gasteiger charge is -2.04. The van der Waals surface area contributed by atoms with Crippen LogP contribution in [-0.4, -0.2) is 20.9 Å². The quantitative estimate of drug-likeness (QED) is 0.523. The highest BCUT2D eigenvalue weighted by atomic mass is 35.5. The van der Waals surface area contributed by atoms with Gasteiger partial charge in [-0.2, -0.15) is 0 Å². The van der Waals surface area contributed by atoms with Crippen molar-refractivity contribution >= 4 is 17.5 Å². The second-order valence-corrected chi connectivity index (χ2v) is 6.80. The fraction of sp³-hybridized carbons (Fsp3) is 0.0952. The summed E-state index contributed by atoms with van der Waals surface area (Å²) in [6, 6.07) is 16.7. The number of carbonyl (C=O) groups excluding carboxylic acids is 1. The topological polar surface area (TPSA) is 73.0 Å². The Morgan fingerprint density at radius 2 is 1.83 bits per heavy atom. The maximum absolute atomic E-state index is 13.1. The fourth-order valence-corrected chi connectivity index (χ4v) is 2.99. The molecule has 1 N–H and O–H groups in total. The molecule has 6 nitrogen and oxygen atoms in total. The maximum atomic E-state index is 13.1. The van der Waals surface area contributed by atoms with Gasteiger partial charge in [-0.3, -0.25) is 4.79 Å². The molecular formula is C21H16ClFN4O2. The molecule has 146 valence electrons. The van der Waals surface area contributed by atoms with E-state index in [-0.39, 0.29) is 24.0 Å². The van der Waals surface area contributed by atoms with E-state index in [9.17, 15) is 9.18 Å². The van der Waals surface area contributed by atoms with Gasteiger partial charge in [-0.25, -0.2) is 9.07 Å². The lowest BCUT2D eigenvalue weighted by molar-refractivity contribution is 0.0942. The molecule has 0 atom stereocenters. The van der Waals surface area contributed by atoms with Crippen LogP contribution in [0.5, 0.6) is 0 Å².